The van der Waals surface area contributed by atoms with Crippen LogP contribution in [0.1, 0.15) is 5.56 Å². The Morgan fingerprint density at radius 3 is 2.41 bits per heavy atom. The molecule has 0 aliphatic heterocycles. The van der Waals surface area contributed by atoms with Crippen molar-refractivity contribution in [1.29, 1.82) is 0 Å². The summed E-state index contributed by atoms with van der Waals surface area (Å²) in [5.74, 6) is -3.68. The van der Waals surface area contributed by atoms with Crippen LogP contribution in [0.15, 0.2) is 48.8 Å². The minimum absolute atomic E-state index is 0.109. The van der Waals surface area contributed by atoms with Gasteiger partial charge in [-0.1, -0.05) is 12.1 Å². The summed E-state index contributed by atoms with van der Waals surface area (Å²) in [4.78, 5) is 4.02. The first-order valence-corrected chi connectivity index (χ1v) is 6.49. The topological polar surface area (TPSA) is 38.0 Å². The maximum atomic E-state index is 13.9. The number of hydrogen-bond acceptors (Lipinski definition) is 2. The van der Waals surface area contributed by atoms with Crippen LogP contribution in [0.4, 0.5) is 13.2 Å². The van der Waals surface area contributed by atoms with Crippen molar-refractivity contribution in [3.63, 3.8) is 0 Å². The number of aromatic nitrogens is 2. The molecule has 1 heterocycles. The normalized spacial score (nSPS) is 10.9. The molecule has 0 radical (unpaired) electrons. The van der Waals surface area contributed by atoms with Crippen LogP contribution < -0.4 is 0 Å². The summed E-state index contributed by atoms with van der Waals surface area (Å²) >= 11 is 0. The minimum Gasteiger partial charge on any atom is -0.508 e. The number of rotatable bonds is 3. The number of imidazole rings is 1. The molecule has 0 bridgehead atoms. The van der Waals surface area contributed by atoms with E-state index in [-0.39, 0.29) is 17.1 Å². The Kier molecular flexibility index (Phi) is 3.58. The van der Waals surface area contributed by atoms with Gasteiger partial charge in [0.15, 0.2) is 17.5 Å². The largest absolute Gasteiger partial charge is 0.508 e. The fraction of sp³-hybridized carbons (Fsp3) is 0.0625. The van der Waals surface area contributed by atoms with E-state index in [4.69, 9.17) is 0 Å². The van der Waals surface area contributed by atoms with E-state index in [0.29, 0.717) is 6.54 Å². The molecule has 0 unspecified atom stereocenters. The maximum Gasteiger partial charge on any atom is 0.195 e. The molecule has 22 heavy (non-hydrogen) atoms. The molecule has 0 aliphatic rings. The van der Waals surface area contributed by atoms with Gasteiger partial charge in [-0.05, 0) is 29.8 Å². The summed E-state index contributed by atoms with van der Waals surface area (Å²) in [7, 11) is 0. The van der Waals surface area contributed by atoms with Crippen LogP contribution in [-0.4, -0.2) is 14.7 Å². The fourth-order valence-electron chi connectivity index (χ4n) is 2.18. The maximum absolute atomic E-state index is 13.9. The average Bonchev–Trinajstić information content (AvgIpc) is 2.95. The van der Waals surface area contributed by atoms with Gasteiger partial charge in [-0.3, -0.25) is 0 Å². The summed E-state index contributed by atoms with van der Waals surface area (Å²) in [6, 6.07) is 8.51. The van der Waals surface area contributed by atoms with Crippen molar-refractivity contribution in [3.05, 3.63) is 71.8 Å². The summed E-state index contributed by atoms with van der Waals surface area (Å²) in [5.41, 5.74) is 0.739. The number of halogens is 3. The van der Waals surface area contributed by atoms with E-state index in [1.54, 1.807) is 22.9 Å². The molecule has 3 nitrogen and oxygen atoms in total. The number of aromatic hydroxyl groups is 1. The smallest absolute Gasteiger partial charge is 0.195 e. The first-order chi connectivity index (χ1) is 10.6. The highest BCUT2D eigenvalue weighted by Crippen LogP contribution is 2.25. The molecule has 3 aromatic rings. The van der Waals surface area contributed by atoms with Gasteiger partial charge in [-0.2, -0.15) is 0 Å². The molecule has 0 fully saturated rings. The Hall–Kier alpha value is -2.76. The molecule has 0 atom stereocenters. The van der Waals surface area contributed by atoms with Gasteiger partial charge in [0.1, 0.15) is 11.6 Å². The highest BCUT2D eigenvalue weighted by Gasteiger charge is 2.18. The van der Waals surface area contributed by atoms with Gasteiger partial charge in [0.05, 0.1) is 5.56 Å². The Morgan fingerprint density at radius 2 is 1.68 bits per heavy atom. The van der Waals surface area contributed by atoms with Crippen LogP contribution in [0.5, 0.6) is 5.75 Å². The zero-order chi connectivity index (χ0) is 15.7. The monoisotopic (exact) mass is 304 g/mol. The number of nitrogens with zero attached hydrogens (tertiary/aromatic N) is 2. The summed E-state index contributed by atoms with van der Waals surface area (Å²) in [6.07, 6.45) is 3.07. The van der Waals surface area contributed by atoms with Crippen LogP contribution >= 0.6 is 0 Å². The zero-order valence-corrected chi connectivity index (χ0v) is 11.3. The lowest BCUT2D eigenvalue weighted by molar-refractivity contribution is 0.448. The second-order valence-corrected chi connectivity index (χ2v) is 4.77. The molecule has 0 amide bonds. The summed E-state index contributed by atoms with van der Waals surface area (Å²) < 4.78 is 41.9. The molecule has 3 rings (SSSR count). The number of benzene rings is 2. The van der Waals surface area contributed by atoms with E-state index >= 15 is 0 Å². The predicted molar refractivity (Wildman–Crippen MR) is 74.7 cm³/mol. The first kappa shape index (κ1) is 14.2. The second kappa shape index (κ2) is 5.55. The second-order valence-electron chi connectivity index (χ2n) is 4.77. The number of phenols is 1. The Balaban J connectivity index is 1.99. The highest BCUT2D eigenvalue weighted by molar-refractivity contribution is 5.57. The van der Waals surface area contributed by atoms with E-state index in [2.05, 4.69) is 4.98 Å². The minimum atomic E-state index is -1.52. The lowest BCUT2D eigenvalue weighted by atomic mass is 10.1. The third kappa shape index (κ3) is 2.55. The fourth-order valence-corrected chi connectivity index (χ4v) is 2.18. The molecule has 0 spiro atoms. The molecule has 112 valence electrons. The SMILES string of the molecule is Oc1ccc(Cn2ccnc2-c2ccc(F)c(F)c2F)cc1. The lowest BCUT2D eigenvalue weighted by Crippen LogP contribution is -2.03. The Morgan fingerprint density at radius 1 is 0.955 bits per heavy atom. The zero-order valence-electron chi connectivity index (χ0n) is 11.3. The standard InChI is InChI=1S/C16H11F3N2O/c17-13-6-5-12(14(18)15(13)19)16-20-7-8-21(16)9-10-1-3-11(22)4-2-10/h1-8,22H,9H2. The van der Waals surface area contributed by atoms with Crippen molar-refractivity contribution in [1.82, 2.24) is 9.55 Å². The van der Waals surface area contributed by atoms with Crippen molar-refractivity contribution < 1.29 is 18.3 Å². The molecule has 0 aliphatic carbocycles. The third-order valence-corrected chi connectivity index (χ3v) is 3.28. The van der Waals surface area contributed by atoms with E-state index in [1.165, 1.54) is 18.3 Å². The molecule has 1 N–H and O–H groups in total. The molecule has 1 aromatic heterocycles. The molecule has 0 saturated carbocycles. The van der Waals surface area contributed by atoms with Gasteiger partial charge in [0, 0.05) is 18.9 Å². The van der Waals surface area contributed by atoms with Crippen molar-refractivity contribution >= 4 is 0 Å². The van der Waals surface area contributed by atoms with Crippen LogP contribution in [-0.2, 0) is 6.54 Å². The van der Waals surface area contributed by atoms with Crippen LogP contribution in [0.2, 0.25) is 0 Å². The first-order valence-electron chi connectivity index (χ1n) is 6.49. The van der Waals surface area contributed by atoms with Crippen molar-refractivity contribution in [2.45, 2.75) is 6.54 Å². The van der Waals surface area contributed by atoms with Crippen molar-refractivity contribution in [3.8, 4) is 17.1 Å². The van der Waals surface area contributed by atoms with Gasteiger partial charge in [0.25, 0.3) is 0 Å². The number of phenolic OH excluding ortho intramolecular Hbond substituents is 1. The van der Waals surface area contributed by atoms with Gasteiger partial charge in [0.2, 0.25) is 0 Å². The summed E-state index contributed by atoms with van der Waals surface area (Å²) in [6.45, 7) is 0.355. The summed E-state index contributed by atoms with van der Waals surface area (Å²) in [5, 5.41) is 9.26. The van der Waals surface area contributed by atoms with Gasteiger partial charge < -0.3 is 9.67 Å². The van der Waals surface area contributed by atoms with E-state index in [1.807, 2.05) is 0 Å². The predicted octanol–water partition coefficient (Wildman–Crippen LogP) is 3.72. The molecule has 2 aromatic carbocycles. The van der Waals surface area contributed by atoms with Crippen LogP contribution in [0, 0.1) is 17.5 Å². The lowest BCUT2D eigenvalue weighted by Gasteiger charge is -2.09. The third-order valence-electron chi connectivity index (χ3n) is 3.28. The van der Waals surface area contributed by atoms with Crippen LogP contribution in [0.3, 0.4) is 0 Å². The van der Waals surface area contributed by atoms with Gasteiger partial charge >= 0.3 is 0 Å². The van der Waals surface area contributed by atoms with Crippen LogP contribution in [0.25, 0.3) is 11.4 Å². The van der Waals surface area contributed by atoms with E-state index in [0.717, 1.165) is 17.7 Å². The Bertz CT molecular complexity index is 813. The highest BCUT2D eigenvalue weighted by atomic mass is 19.2. The Labute approximate surface area is 124 Å². The van der Waals surface area contributed by atoms with Crippen molar-refractivity contribution in [2.75, 3.05) is 0 Å². The molecular weight excluding hydrogens is 293 g/mol. The van der Waals surface area contributed by atoms with Crippen molar-refractivity contribution in [2.24, 2.45) is 0 Å². The van der Waals surface area contributed by atoms with Gasteiger partial charge in [-0.15, -0.1) is 0 Å². The van der Waals surface area contributed by atoms with Gasteiger partial charge in [-0.25, -0.2) is 18.2 Å². The molecule has 6 heteroatoms. The molecular formula is C16H11F3N2O. The quantitative estimate of drug-likeness (QED) is 0.749. The number of hydrogen-bond donors (Lipinski definition) is 1. The van der Waals surface area contributed by atoms with E-state index in [9.17, 15) is 18.3 Å². The molecule has 0 saturated heterocycles. The average molecular weight is 304 g/mol. The van der Waals surface area contributed by atoms with E-state index < -0.39 is 17.5 Å².